The molecule has 6 nitrogen and oxygen atoms in total. The number of esters is 3. The molecule has 0 spiro atoms. The summed E-state index contributed by atoms with van der Waals surface area (Å²) in [5.74, 6) is -0.893. The van der Waals surface area contributed by atoms with Crippen LogP contribution in [-0.4, -0.2) is 37.2 Å². The third kappa shape index (κ3) is 63.0. The maximum atomic E-state index is 12.9. The zero-order valence-corrected chi connectivity index (χ0v) is 50.7. The zero-order chi connectivity index (χ0) is 55.7. The van der Waals surface area contributed by atoms with Gasteiger partial charge in [-0.05, 0) is 83.5 Å². The Kier molecular flexibility index (Phi) is 61.8. The van der Waals surface area contributed by atoms with Crippen molar-refractivity contribution in [2.24, 2.45) is 0 Å². The standard InChI is InChI=1S/C71H122O6/c1-4-7-10-13-16-18-20-22-24-26-28-30-32-33-34-35-36-37-38-39-40-42-43-45-47-49-51-53-55-58-61-64-70(73)76-67-68(66-75-69(72)63-60-57-15-12-9-6-3)77-71(74)65-62-59-56-54-52-50-48-46-44-41-31-29-27-25-23-21-19-17-14-11-8-5-2/h7,10,16,18,22,24,28,30,33-34,36-37,39-40,43,45,68H,4-6,8-9,11-15,17,19-21,23,25-27,29,31-32,35,38,41-42,44,46-67H2,1-3H3/b10-7-,18-16-,24-22-,30-28-,34-33-,37-36-,40-39-,45-43-. The fourth-order valence-electron chi connectivity index (χ4n) is 9.23. The predicted molar refractivity (Wildman–Crippen MR) is 334 cm³/mol. The van der Waals surface area contributed by atoms with Crippen LogP contribution in [0.3, 0.4) is 0 Å². The highest BCUT2D eigenvalue weighted by Crippen LogP contribution is 2.17. The van der Waals surface area contributed by atoms with Crippen LogP contribution < -0.4 is 0 Å². The van der Waals surface area contributed by atoms with Gasteiger partial charge in [0.1, 0.15) is 13.2 Å². The second-order valence-electron chi connectivity index (χ2n) is 21.7. The molecule has 0 aliphatic carbocycles. The van der Waals surface area contributed by atoms with E-state index in [0.29, 0.717) is 19.3 Å². The Morgan fingerprint density at radius 1 is 0.273 bits per heavy atom. The second kappa shape index (κ2) is 64.9. The second-order valence-corrected chi connectivity index (χ2v) is 21.7. The van der Waals surface area contributed by atoms with Gasteiger partial charge in [-0.3, -0.25) is 14.4 Å². The van der Waals surface area contributed by atoms with Crippen LogP contribution in [0.25, 0.3) is 0 Å². The molecule has 0 amide bonds. The first kappa shape index (κ1) is 73.3. The number of rotatable bonds is 59. The molecule has 77 heavy (non-hydrogen) atoms. The number of hydrogen-bond acceptors (Lipinski definition) is 6. The lowest BCUT2D eigenvalue weighted by Crippen LogP contribution is -2.30. The van der Waals surface area contributed by atoms with Gasteiger partial charge < -0.3 is 14.2 Å². The number of hydrogen-bond donors (Lipinski definition) is 0. The Morgan fingerprint density at radius 2 is 0.506 bits per heavy atom. The Bertz CT molecular complexity index is 1510. The number of unbranched alkanes of at least 4 members (excludes halogenated alkanes) is 32. The molecule has 0 aliphatic rings. The van der Waals surface area contributed by atoms with E-state index in [9.17, 15) is 14.4 Å². The molecule has 0 saturated heterocycles. The van der Waals surface area contributed by atoms with Crippen molar-refractivity contribution in [2.75, 3.05) is 13.2 Å². The molecule has 6 heteroatoms. The van der Waals surface area contributed by atoms with Crippen molar-refractivity contribution in [3.63, 3.8) is 0 Å². The van der Waals surface area contributed by atoms with Crippen LogP contribution in [0.1, 0.15) is 316 Å². The molecule has 1 unspecified atom stereocenters. The fraction of sp³-hybridized carbons (Fsp3) is 0.732. The molecule has 0 aliphatic heterocycles. The molecular formula is C71H122O6. The molecular weight excluding hydrogens is 949 g/mol. The molecule has 1 atom stereocenters. The average molecular weight is 1070 g/mol. The van der Waals surface area contributed by atoms with Crippen molar-refractivity contribution in [1.29, 1.82) is 0 Å². The summed E-state index contributed by atoms with van der Waals surface area (Å²) in [7, 11) is 0. The molecule has 0 bridgehead atoms. The van der Waals surface area contributed by atoms with Crippen molar-refractivity contribution >= 4 is 17.9 Å². The van der Waals surface area contributed by atoms with Gasteiger partial charge in [0, 0.05) is 19.3 Å². The summed E-state index contributed by atoms with van der Waals surface area (Å²) >= 11 is 0. The highest BCUT2D eigenvalue weighted by atomic mass is 16.6. The van der Waals surface area contributed by atoms with E-state index in [0.717, 1.165) is 122 Å². The lowest BCUT2D eigenvalue weighted by atomic mass is 10.0. The minimum Gasteiger partial charge on any atom is -0.462 e. The Morgan fingerprint density at radius 3 is 0.792 bits per heavy atom. The minimum atomic E-state index is -0.780. The molecule has 0 radical (unpaired) electrons. The number of allylic oxidation sites excluding steroid dienone is 16. The summed E-state index contributed by atoms with van der Waals surface area (Å²) in [6, 6.07) is 0. The van der Waals surface area contributed by atoms with Crippen LogP contribution in [0.4, 0.5) is 0 Å². The monoisotopic (exact) mass is 1070 g/mol. The van der Waals surface area contributed by atoms with E-state index in [2.05, 4.69) is 118 Å². The van der Waals surface area contributed by atoms with Crippen molar-refractivity contribution in [2.45, 2.75) is 322 Å². The van der Waals surface area contributed by atoms with E-state index >= 15 is 0 Å². The van der Waals surface area contributed by atoms with Gasteiger partial charge in [0.15, 0.2) is 6.10 Å². The van der Waals surface area contributed by atoms with E-state index in [-0.39, 0.29) is 31.1 Å². The quantitative estimate of drug-likeness (QED) is 0.0261. The van der Waals surface area contributed by atoms with Gasteiger partial charge >= 0.3 is 17.9 Å². The predicted octanol–water partition coefficient (Wildman–Crippen LogP) is 22.4. The molecule has 0 aromatic rings. The number of ether oxygens (including phenoxy) is 3. The first-order valence-corrected chi connectivity index (χ1v) is 32.7. The van der Waals surface area contributed by atoms with Gasteiger partial charge in [0.2, 0.25) is 0 Å². The fourth-order valence-corrected chi connectivity index (χ4v) is 9.23. The Balaban J connectivity index is 4.12. The summed E-state index contributed by atoms with van der Waals surface area (Å²) in [4.78, 5) is 38.0. The van der Waals surface area contributed by atoms with E-state index in [4.69, 9.17) is 14.2 Å². The molecule has 0 heterocycles. The van der Waals surface area contributed by atoms with Crippen molar-refractivity contribution in [1.82, 2.24) is 0 Å². The van der Waals surface area contributed by atoms with Crippen LogP contribution in [0.15, 0.2) is 97.2 Å². The van der Waals surface area contributed by atoms with E-state index < -0.39 is 6.10 Å². The van der Waals surface area contributed by atoms with Gasteiger partial charge in [-0.1, -0.05) is 311 Å². The van der Waals surface area contributed by atoms with Crippen LogP contribution >= 0.6 is 0 Å². The SMILES string of the molecule is CC/C=C\C/C=C\C/C=C\C/C=C\C/C=C\C/C=C\C/C=C\C/C=C\CCCCCCCCC(=O)OCC(COC(=O)CCCCCCCC)OC(=O)CCCCCCCCCCCCCCCCCCCCCCCC. The number of carbonyl (C=O) groups excluding carboxylic acids is 3. The lowest BCUT2D eigenvalue weighted by molar-refractivity contribution is -0.167. The highest BCUT2D eigenvalue weighted by molar-refractivity contribution is 5.71. The third-order valence-corrected chi connectivity index (χ3v) is 14.1. The maximum absolute atomic E-state index is 12.9. The first-order chi connectivity index (χ1) is 38.0. The van der Waals surface area contributed by atoms with Gasteiger partial charge in [0.05, 0.1) is 0 Å². The highest BCUT2D eigenvalue weighted by Gasteiger charge is 2.19. The molecule has 0 aromatic heterocycles. The average Bonchev–Trinajstić information content (AvgIpc) is 3.43. The first-order valence-electron chi connectivity index (χ1n) is 32.7. The van der Waals surface area contributed by atoms with E-state index in [1.165, 1.54) is 154 Å². The summed E-state index contributed by atoms with van der Waals surface area (Å²) in [5.41, 5.74) is 0. The molecule has 0 rings (SSSR count). The van der Waals surface area contributed by atoms with Crippen molar-refractivity contribution < 1.29 is 28.6 Å². The maximum Gasteiger partial charge on any atom is 0.306 e. The largest absolute Gasteiger partial charge is 0.462 e. The third-order valence-electron chi connectivity index (χ3n) is 14.1. The van der Waals surface area contributed by atoms with Crippen molar-refractivity contribution in [3.8, 4) is 0 Å². The summed E-state index contributed by atoms with van der Waals surface area (Å²) in [6.45, 7) is 6.49. The van der Waals surface area contributed by atoms with Gasteiger partial charge in [0.25, 0.3) is 0 Å². The topological polar surface area (TPSA) is 78.9 Å². The lowest BCUT2D eigenvalue weighted by Gasteiger charge is -2.18. The van der Waals surface area contributed by atoms with Crippen LogP contribution in [0.2, 0.25) is 0 Å². The zero-order valence-electron chi connectivity index (χ0n) is 50.7. The minimum absolute atomic E-state index is 0.0794. The summed E-state index contributed by atoms with van der Waals surface area (Å²) in [5, 5.41) is 0. The van der Waals surface area contributed by atoms with E-state index in [1.807, 2.05) is 0 Å². The van der Waals surface area contributed by atoms with Crippen molar-refractivity contribution in [3.05, 3.63) is 97.2 Å². The molecule has 0 saturated carbocycles. The normalized spacial score (nSPS) is 12.7. The van der Waals surface area contributed by atoms with Gasteiger partial charge in [-0.15, -0.1) is 0 Å². The van der Waals surface area contributed by atoms with Gasteiger partial charge in [-0.25, -0.2) is 0 Å². The summed E-state index contributed by atoms with van der Waals surface area (Å²) in [6.07, 6.45) is 87.4. The Labute approximate surface area is 477 Å². The van der Waals surface area contributed by atoms with Crippen LogP contribution in [0.5, 0.6) is 0 Å². The molecule has 0 N–H and O–H groups in total. The Hall–Kier alpha value is -3.67. The van der Waals surface area contributed by atoms with Crippen LogP contribution in [0, 0.1) is 0 Å². The molecule has 0 fully saturated rings. The van der Waals surface area contributed by atoms with Crippen LogP contribution in [-0.2, 0) is 28.6 Å². The molecule has 0 aromatic carbocycles. The molecule has 442 valence electrons. The van der Waals surface area contributed by atoms with Gasteiger partial charge in [-0.2, -0.15) is 0 Å². The summed E-state index contributed by atoms with van der Waals surface area (Å²) < 4.78 is 16.8. The van der Waals surface area contributed by atoms with E-state index in [1.54, 1.807) is 0 Å². The number of carbonyl (C=O) groups is 3. The smallest absolute Gasteiger partial charge is 0.306 e.